The molecule has 1 heterocycles. The fraction of sp³-hybridized carbons (Fsp3) is 0.533. The van der Waals surface area contributed by atoms with E-state index in [1.54, 1.807) is 0 Å². The summed E-state index contributed by atoms with van der Waals surface area (Å²) in [6, 6.07) is 7.98. The summed E-state index contributed by atoms with van der Waals surface area (Å²) in [6.45, 7) is 4.63. The SMILES string of the molecule is CCCN(C)c1ccc(C(=O)N2CC[C@@H](N)C2)cc1. The lowest BCUT2D eigenvalue weighted by atomic mass is 10.1. The van der Waals surface area contributed by atoms with E-state index in [1.165, 1.54) is 0 Å². The molecule has 19 heavy (non-hydrogen) atoms. The molecular formula is C15H23N3O. The summed E-state index contributed by atoms with van der Waals surface area (Å²) in [5, 5.41) is 0. The molecule has 0 aromatic heterocycles. The Labute approximate surface area is 115 Å². The van der Waals surface area contributed by atoms with E-state index in [2.05, 4.69) is 18.9 Å². The van der Waals surface area contributed by atoms with Crippen molar-refractivity contribution in [2.75, 3.05) is 31.6 Å². The quantitative estimate of drug-likeness (QED) is 0.897. The normalized spacial score (nSPS) is 18.7. The van der Waals surface area contributed by atoms with Crippen LogP contribution in [-0.2, 0) is 0 Å². The summed E-state index contributed by atoms with van der Waals surface area (Å²) in [6.07, 6.45) is 2.02. The molecule has 2 rings (SSSR count). The number of anilines is 1. The minimum atomic E-state index is 0.0950. The molecule has 0 unspecified atom stereocenters. The monoisotopic (exact) mass is 261 g/mol. The number of likely N-dealkylation sites (tertiary alicyclic amines) is 1. The summed E-state index contributed by atoms with van der Waals surface area (Å²) in [5.41, 5.74) is 7.74. The van der Waals surface area contributed by atoms with Gasteiger partial charge in [0, 0.05) is 44.0 Å². The zero-order chi connectivity index (χ0) is 13.8. The standard InChI is InChI=1S/C15H23N3O/c1-3-9-17(2)14-6-4-12(5-7-14)15(19)18-10-8-13(16)11-18/h4-7,13H,3,8-11,16H2,1-2H3/t13-/m1/s1. The van der Waals surface area contributed by atoms with Crippen molar-refractivity contribution >= 4 is 11.6 Å². The molecular weight excluding hydrogens is 238 g/mol. The molecule has 104 valence electrons. The highest BCUT2D eigenvalue weighted by molar-refractivity contribution is 5.94. The van der Waals surface area contributed by atoms with Crippen LogP contribution in [0, 0.1) is 0 Å². The van der Waals surface area contributed by atoms with Crippen molar-refractivity contribution in [1.29, 1.82) is 0 Å². The number of benzene rings is 1. The number of nitrogens with zero attached hydrogens (tertiary/aromatic N) is 2. The number of carbonyl (C=O) groups excluding carboxylic acids is 1. The Kier molecular flexibility index (Phi) is 4.43. The van der Waals surface area contributed by atoms with Crippen LogP contribution in [0.5, 0.6) is 0 Å². The maximum absolute atomic E-state index is 12.3. The molecule has 1 amide bonds. The minimum Gasteiger partial charge on any atom is -0.375 e. The van der Waals surface area contributed by atoms with E-state index in [0.717, 1.165) is 37.2 Å². The highest BCUT2D eigenvalue weighted by atomic mass is 16.2. The van der Waals surface area contributed by atoms with Crippen molar-refractivity contribution in [2.45, 2.75) is 25.8 Å². The van der Waals surface area contributed by atoms with Crippen molar-refractivity contribution in [3.63, 3.8) is 0 Å². The maximum Gasteiger partial charge on any atom is 0.253 e. The van der Waals surface area contributed by atoms with Crippen molar-refractivity contribution in [2.24, 2.45) is 5.73 Å². The summed E-state index contributed by atoms with van der Waals surface area (Å²) in [4.78, 5) is 16.3. The Hall–Kier alpha value is -1.55. The molecule has 4 heteroatoms. The van der Waals surface area contributed by atoms with Gasteiger partial charge in [-0.3, -0.25) is 4.79 Å². The molecule has 1 aromatic carbocycles. The van der Waals surface area contributed by atoms with Crippen LogP contribution in [-0.4, -0.2) is 43.5 Å². The highest BCUT2D eigenvalue weighted by Gasteiger charge is 2.24. The molecule has 4 nitrogen and oxygen atoms in total. The second-order valence-electron chi connectivity index (χ2n) is 5.27. The molecule has 0 spiro atoms. The third kappa shape index (κ3) is 3.26. The van der Waals surface area contributed by atoms with Crippen LogP contribution < -0.4 is 10.6 Å². The molecule has 1 aliphatic heterocycles. The van der Waals surface area contributed by atoms with E-state index in [1.807, 2.05) is 29.2 Å². The van der Waals surface area contributed by atoms with Crippen LogP contribution in [0.25, 0.3) is 0 Å². The number of rotatable bonds is 4. The average molecular weight is 261 g/mol. The first-order valence-electron chi connectivity index (χ1n) is 6.98. The number of nitrogens with two attached hydrogens (primary N) is 1. The van der Waals surface area contributed by atoms with Gasteiger partial charge in [0.1, 0.15) is 0 Å². The zero-order valence-electron chi connectivity index (χ0n) is 11.8. The molecule has 1 saturated heterocycles. The van der Waals surface area contributed by atoms with E-state index in [-0.39, 0.29) is 11.9 Å². The molecule has 0 saturated carbocycles. The molecule has 2 N–H and O–H groups in total. The van der Waals surface area contributed by atoms with Crippen LogP contribution in [0.4, 0.5) is 5.69 Å². The van der Waals surface area contributed by atoms with Gasteiger partial charge in [-0.15, -0.1) is 0 Å². The first kappa shape index (κ1) is 13.9. The van der Waals surface area contributed by atoms with Gasteiger partial charge in [0.25, 0.3) is 5.91 Å². The minimum absolute atomic E-state index is 0.0950. The first-order valence-corrected chi connectivity index (χ1v) is 6.98. The number of hydrogen-bond acceptors (Lipinski definition) is 3. The first-order chi connectivity index (χ1) is 9.11. The molecule has 1 atom stereocenters. The Morgan fingerprint density at radius 2 is 2.11 bits per heavy atom. The van der Waals surface area contributed by atoms with Gasteiger partial charge in [0.15, 0.2) is 0 Å². The van der Waals surface area contributed by atoms with E-state index in [0.29, 0.717) is 6.54 Å². The smallest absolute Gasteiger partial charge is 0.253 e. The van der Waals surface area contributed by atoms with Gasteiger partial charge < -0.3 is 15.5 Å². The van der Waals surface area contributed by atoms with Crippen LogP contribution in [0.1, 0.15) is 30.1 Å². The van der Waals surface area contributed by atoms with Gasteiger partial charge >= 0.3 is 0 Å². The molecule has 0 bridgehead atoms. The van der Waals surface area contributed by atoms with Crippen molar-refractivity contribution in [1.82, 2.24) is 4.90 Å². The molecule has 0 radical (unpaired) electrons. The van der Waals surface area contributed by atoms with E-state index in [9.17, 15) is 4.79 Å². The van der Waals surface area contributed by atoms with Crippen LogP contribution in [0.2, 0.25) is 0 Å². The largest absolute Gasteiger partial charge is 0.375 e. The molecule has 1 fully saturated rings. The predicted molar refractivity (Wildman–Crippen MR) is 78.5 cm³/mol. The lowest BCUT2D eigenvalue weighted by Gasteiger charge is -2.19. The van der Waals surface area contributed by atoms with Gasteiger partial charge in [-0.1, -0.05) is 6.92 Å². The summed E-state index contributed by atoms with van der Waals surface area (Å²) < 4.78 is 0. The number of amides is 1. The second-order valence-corrected chi connectivity index (χ2v) is 5.27. The summed E-state index contributed by atoms with van der Waals surface area (Å²) in [5.74, 6) is 0.0950. The lowest BCUT2D eigenvalue weighted by Crippen LogP contribution is -2.31. The lowest BCUT2D eigenvalue weighted by molar-refractivity contribution is 0.0791. The third-order valence-electron chi connectivity index (χ3n) is 3.63. The number of hydrogen-bond donors (Lipinski definition) is 1. The fourth-order valence-electron chi connectivity index (χ4n) is 2.48. The Bertz CT molecular complexity index is 430. The van der Waals surface area contributed by atoms with Crippen molar-refractivity contribution in [3.05, 3.63) is 29.8 Å². The summed E-state index contributed by atoms with van der Waals surface area (Å²) >= 11 is 0. The average Bonchev–Trinajstić information content (AvgIpc) is 2.85. The molecule has 1 aliphatic rings. The molecule has 0 aliphatic carbocycles. The highest BCUT2D eigenvalue weighted by Crippen LogP contribution is 2.17. The van der Waals surface area contributed by atoms with E-state index in [4.69, 9.17) is 5.73 Å². The molecule has 1 aromatic rings. The van der Waals surface area contributed by atoms with Crippen LogP contribution in [0.3, 0.4) is 0 Å². The summed E-state index contributed by atoms with van der Waals surface area (Å²) in [7, 11) is 2.07. The Balaban J connectivity index is 2.03. The van der Waals surface area contributed by atoms with Crippen LogP contribution in [0.15, 0.2) is 24.3 Å². The van der Waals surface area contributed by atoms with Gasteiger partial charge in [-0.25, -0.2) is 0 Å². The van der Waals surface area contributed by atoms with Gasteiger partial charge in [0.2, 0.25) is 0 Å². The van der Waals surface area contributed by atoms with Crippen molar-refractivity contribution < 1.29 is 4.79 Å². The second kappa shape index (κ2) is 6.06. The van der Waals surface area contributed by atoms with Crippen LogP contribution >= 0.6 is 0 Å². The Morgan fingerprint density at radius 1 is 1.42 bits per heavy atom. The van der Waals surface area contributed by atoms with Crippen molar-refractivity contribution in [3.8, 4) is 0 Å². The van der Waals surface area contributed by atoms with E-state index >= 15 is 0 Å². The van der Waals surface area contributed by atoms with Gasteiger partial charge in [-0.05, 0) is 37.1 Å². The topological polar surface area (TPSA) is 49.6 Å². The fourth-order valence-corrected chi connectivity index (χ4v) is 2.48. The number of carbonyl (C=O) groups is 1. The predicted octanol–water partition coefficient (Wildman–Crippen LogP) is 1.71. The van der Waals surface area contributed by atoms with Gasteiger partial charge in [-0.2, -0.15) is 0 Å². The zero-order valence-corrected chi connectivity index (χ0v) is 11.8. The van der Waals surface area contributed by atoms with E-state index < -0.39 is 0 Å². The third-order valence-corrected chi connectivity index (χ3v) is 3.63. The maximum atomic E-state index is 12.3. The Morgan fingerprint density at radius 3 is 2.63 bits per heavy atom. The van der Waals surface area contributed by atoms with Gasteiger partial charge in [0.05, 0.1) is 0 Å².